The molecule has 0 aliphatic heterocycles. The second kappa shape index (κ2) is 6.10. The zero-order chi connectivity index (χ0) is 16.5. The molecule has 0 saturated carbocycles. The van der Waals surface area contributed by atoms with E-state index in [1.807, 2.05) is 0 Å². The summed E-state index contributed by atoms with van der Waals surface area (Å²) in [6.45, 7) is 3.40. The van der Waals surface area contributed by atoms with Crippen molar-refractivity contribution in [2.24, 2.45) is 0 Å². The molecule has 2 N–H and O–H groups in total. The summed E-state index contributed by atoms with van der Waals surface area (Å²) < 4.78 is 28.4. The Labute approximate surface area is 137 Å². The first-order valence-electron chi connectivity index (χ1n) is 6.33. The summed E-state index contributed by atoms with van der Waals surface area (Å²) >= 11 is 3.32. The van der Waals surface area contributed by atoms with Crippen molar-refractivity contribution in [3.63, 3.8) is 0 Å². The number of carboxylic acids is 1. The molecule has 0 bridgehead atoms. The van der Waals surface area contributed by atoms with Crippen LogP contribution in [0.25, 0.3) is 0 Å². The molecule has 0 spiro atoms. The number of rotatable bonds is 4. The lowest BCUT2D eigenvalue weighted by Gasteiger charge is -2.13. The molecular weight excluding hydrogens is 370 g/mol. The van der Waals surface area contributed by atoms with Crippen molar-refractivity contribution in [1.82, 2.24) is 0 Å². The maximum atomic E-state index is 12.5. The van der Waals surface area contributed by atoms with E-state index in [9.17, 15) is 13.2 Å². The number of carboxylic acid groups (broad SMARTS) is 1. The second-order valence-corrected chi connectivity index (χ2v) is 7.42. The molecule has 2 rings (SSSR count). The van der Waals surface area contributed by atoms with E-state index in [-0.39, 0.29) is 10.5 Å². The van der Waals surface area contributed by atoms with Gasteiger partial charge in [0.2, 0.25) is 0 Å². The van der Waals surface area contributed by atoms with Crippen LogP contribution in [0.2, 0.25) is 0 Å². The first-order chi connectivity index (χ1) is 10.2. The van der Waals surface area contributed by atoms with Crippen LogP contribution < -0.4 is 4.72 Å². The van der Waals surface area contributed by atoms with E-state index in [0.29, 0.717) is 11.3 Å². The van der Waals surface area contributed by atoms with Gasteiger partial charge in [-0.2, -0.15) is 0 Å². The van der Waals surface area contributed by atoms with Gasteiger partial charge in [-0.05, 0) is 55.3 Å². The molecular formula is C15H14BrNO4S. The molecule has 2 aromatic carbocycles. The summed E-state index contributed by atoms with van der Waals surface area (Å²) in [5.41, 5.74) is 1.61. The first kappa shape index (κ1) is 16.5. The van der Waals surface area contributed by atoms with Crippen LogP contribution in [0.3, 0.4) is 0 Å². The molecule has 0 saturated heterocycles. The van der Waals surface area contributed by atoms with Crippen molar-refractivity contribution in [3.05, 3.63) is 57.6 Å². The van der Waals surface area contributed by atoms with Crippen molar-refractivity contribution in [3.8, 4) is 0 Å². The standard InChI is InChI=1S/C15H14BrNO4S/c1-9-3-4-11(15(18)19)8-14(9)22(20,21)17-13-6-5-12(16)7-10(13)2/h3-8,17H,1-2H3,(H,18,19). The third kappa shape index (κ3) is 3.48. The third-order valence-electron chi connectivity index (χ3n) is 3.16. The number of hydrogen-bond donors (Lipinski definition) is 2. The topological polar surface area (TPSA) is 83.5 Å². The molecule has 0 amide bonds. The fourth-order valence-electron chi connectivity index (χ4n) is 1.96. The fourth-order valence-corrected chi connectivity index (χ4v) is 3.84. The number of benzene rings is 2. The molecule has 0 aliphatic carbocycles. The van der Waals surface area contributed by atoms with Crippen molar-refractivity contribution >= 4 is 37.6 Å². The van der Waals surface area contributed by atoms with Crippen molar-refractivity contribution in [1.29, 1.82) is 0 Å². The number of halogens is 1. The van der Waals surface area contributed by atoms with E-state index >= 15 is 0 Å². The lowest BCUT2D eigenvalue weighted by Crippen LogP contribution is -2.16. The highest BCUT2D eigenvalue weighted by molar-refractivity contribution is 9.10. The summed E-state index contributed by atoms with van der Waals surface area (Å²) in [6, 6.07) is 9.18. The summed E-state index contributed by atoms with van der Waals surface area (Å²) in [5.74, 6) is -1.17. The smallest absolute Gasteiger partial charge is 0.335 e. The van der Waals surface area contributed by atoms with Gasteiger partial charge in [0.1, 0.15) is 0 Å². The lowest BCUT2D eigenvalue weighted by molar-refractivity contribution is 0.0696. The quantitative estimate of drug-likeness (QED) is 0.844. The Morgan fingerprint density at radius 3 is 2.36 bits per heavy atom. The Kier molecular flexibility index (Phi) is 4.58. The molecule has 2 aromatic rings. The van der Waals surface area contributed by atoms with Gasteiger partial charge in [-0.25, -0.2) is 13.2 Å². The molecule has 5 nitrogen and oxygen atoms in total. The van der Waals surface area contributed by atoms with Gasteiger partial charge >= 0.3 is 5.97 Å². The van der Waals surface area contributed by atoms with Crippen LogP contribution >= 0.6 is 15.9 Å². The summed E-state index contributed by atoms with van der Waals surface area (Å²) in [7, 11) is -3.86. The van der Waals surface area contributed by atoms with Crippen molar-refractivity contribution < 1.29 is 18.3 Å². The molecule has 0 aromatic heterocycles. The highest BCUT2D eigenvalue weighted by Gasteiger charge is 2.19. The van der Waals surface area contributed by atoms with Crippen molar-refractivity contribution in [2.75, 3.05) is 4.72 Å². The number of aromatic carboxylic acids is 1. The summed E-state index contributed by atoms with van der Waals surface area (Å²) in [6.07, 6.45) is 0. The number of hydrogen-bond acceptors (Lipinski definition) is 3. The summed E-state index contributed by atoms with van der Waals surface area (Å²) in [4.78, 5) is 11.0. The average molecular weight is 384 g/mol. The minimum Gasteiger partial charge on any atom is -0.478 e. The van der Waals surface area contributed by atoms with E-state index in [2.05, 4.69) is 20.7 Å². The molecule has 0 fully saturated rings. The van der Waals surface area contributed by atoms with E-state index in [1.54, 1.807) is 32.0 Å². The van der Waals surface area contributed by atoms with Crippen LogP contribution in [0.5, 0.6) is 0 Å². The van der Waals surface area contributed by atoms with Crippen LogP contribution in [-0.2, 0) is 10.0 Å². The van der Waals surface area contributed by atoms with E-state index in [4.69, 9.17) is 5.11 Å². The highest BCUT2D eigenvalue weighted by atomic mass is 79.9. The fraction of sp³-hybridized carbons (Fsp3) is 0.133. The first-order valence-corrected chi connectivity index (χ1v) is 8.61. The van der Waals surface area contributed by atoms with Gasteiger partial charge in [0.25, 0.3) is 10.0 Å². The summed E-state index contributed by atoms with van der Waals surface area (Å²) in [5, 5.41) is 9.01. The van der Waals surface area contributed by atoms with Gasteiger partial charge in [-0.15, -0.1) is 0 Å². The highest BCUT2D eigenvalue weighted by Crippen LogP contribution is 2.25. The van der Waals surface area contributed by atoms with Gasteiger partial charge in [-0.1, -0.05) is 22.0 Å². The minimum absolute atomic E-state index is 0.0466. The maximum Gasteiger partial charge on any atom is 0.335 e. The monoisotopic (exact) mass is 383 g/mol. The molecule has 0 aliphatic rings. The molecule has 22 heavy (non-hydrogen) atoms. The zero-order valence-electron chi connectivity index (χ0n) is 11.9. The lowest BCUT2D eigenvalue weighted by atomic mass is 10.1. The zero-order valence-corrected chi connectivity index (χ0v) is 14.3. The average Bonchev–Trinajstić information content (AvgIpc) is 2.42. The Bertz CT molecular complexity index is 847. The largest absolute Gasteiger partial charge is 0.478 e. The van der Waals surface area contributed by atoms with Crippen LogP contribution in [0.4, 0.5) is 5.69 Å². The molecule has 0 heterocycles. The molecule has 116 valence electrons. The molecule has 0 unspecified atom stereocenters. The van der Waals surface area contributed by atoms with Gasteiger partial charge in [0, 0.05) is 4.47 Å². The third-order valence-corrected chi connectivity index (χ3v) is 5.16. The maximum absolute atomic E-state index is 12.5. The van der Waals surface area contributed by atoms with E-state index < -0.39 is 16.0 Å². The van der Waals surface area contributed by atoms with Crippen LogP contribution in [0.15, 0.2) is 45.8 Å². The Hall–Kier alpha value is -1.86. The number of nitrogens with one attached hydrogen (secondary N) is 1. The van der Waals surface area contributed by atoms with Crippen LogP contribution in [0, 0.1) is 13.8 Å². The second-order valence-electron chi connectivity index (χ2n) is 4.85. The van der Waals surface area contributed by atoms with Crippen LogP contribution in [0.1, 0.15) is 21.5 Å². The van der Waals surface area contributed by atoms with Gasteiger partial charge in [-0.3, -0.25) is 4.72 Å². The minimum atomic E-state index is -3.86. The predicted molar refractivity (Wildman–Crippen MR) is 87.8 cm³/mol. The van der Waals surface area contributed by atoms with Gasteiger partial charge in [0.05, 0.1) is 16.1 Å². The van der Waals surface area contributed by atoms with Crippen LogP contribution in [-0.4, -0.2) is 19.5 Å². The molecule has 0 atom stereocenters. The van der Waals surface area contributed by atoms with Crippen molar-refractivity contribution in [2.45, 2.75) is 18.7 Å². The van der Waals surface area contributed by atoms with Gasteiger partial charge in [0.15, 0.2) is 0 Å². The number of anilines is 1. The SMILES string of the molecule is Cc1cc(Br)ccc1NS(=O)(=O)c1cc(C(=O)O)ccc1C. The Morgan fingerprint density at radius 2 is 1.77 bits per heavy atom. The molecule has 7 heteroatoms. The van der Waals surface area contributed by atoms with E-state index in [0.717, 1.165) is 16.1 Å². The van der Waals surface area contributed by atoms with Gasteiger partial charge < -0.3 is 5.11 Å². The normalized spacial score (nSPS) is 11.2. The number of carbonyl (C=O) groups is 1. The Balaban J connectivity index is 2.46. The van der Waals surface area contributed by atoms with E-state index in [1.165, 1.54) is 12.1 Å². The number of sulfonamides is 1. The molecule has 0 radical (unpaired) electrons. The Morgan fingerprint density at radius 1 is 1.09 bits per heavy atom. The number of aryl methyl sites for hydroxylation is 2. The predicted octanol–water partition coefficient (Wildman–Crippen LogP) is 3.56.